The molecule has 1 rings (SSSR count). The van der Waals surface area contributed by atoms with Gasteiger partial charge in [-0.05, 0) is 33.3 Å². The first kappa shape index (κ1) is 9.44. The summed E-state index contributed by atoms with van der Waals surface area (Å²) in [6.45, 7) is 8.85. The van der Waals surface area contributed by atoms with E-state index in [2.05, 4.69) is 43.4 Å². The van der Waals surface area contributed by atoms with Crippen LogP contribution in [0.1, 0.15) is 22.3 Å². The van der Waals surface area contributed by atoms with Crippen LogP contribution < -0.4 is 10.9 Å². The molecule has 0 N–H and O–H groups in total. The molecule has 0 unspecified atom stereocenters. The highest BCUT2D eigenvalue weighted by molar-refractivity contribution is 6.41. The van der Waals surface area contributed by atoms with Crippen LogP contribution in [0.15, 0.2) is 0 Å². The van der Waals surface area contributed by atoms with Crippen molar-refractivity contribution >= 4 is 26.6 Å². The molecule has 0 aliphatic heterocycles. The van der Waals surface area contributed by atoms with Crippen molar-refractivity contribution in [1.29, 1.82) is 0 Å². The Bertz CT molecular complexity index is 222. The van der Waals surface area contributed by atoms with Crippen molar-refractivity contribution in [3.63, 3.8) is 0 Å². The molecule has 1 aromatic carbocycles. The van der Waals surface area contributed by atoms with Gasteiger partial charge in [0.05, 0.1) is 0 Å². The fraction of sp³-hybridized carbons (Fsp3) is 0.400. The summed E-state index contributed by atoms with van der Waals surface area (Å²) in [7, 11) is 4.42. The Kier molecular flexibility index (Phi) is 2.36. The summed E-state index contributed by atoms with van der Waals surface area (Å²) in [5.74, 6) is 0. The second-order valence-corrected chi connectivity index (χ2v) is 3.75. The maximum absolute atomic E-state index is 2.21. The van der Waals surface area contributed by atoms with Crippen LogP contribution in [0.2, 0.25) is 0 Å². The Hall–Kier alpha value is -0.650. The van der Waals surface area contributed by atoms with Crippen molar-refractivity contribution in [3.05, 3.63) is 22.3 Å². The Morgan fingerprint density at radius 1 is 0.583 bits per heavy atom. The van der Waals surface area contributed by atoms with Gasteiger partial charge in [0.1, 0.15) is 15.7 Å². The lowest BCUT2D eigenvalue weighted by Crippen LogP contribution is -2.26. The van der Waals surface area contributed by atoms with Gasteiger partial charge in [-0.1, -0.05) is 27.6 Å². The molecule has 2 heteroatoms. The van der Waals surface area contributed by atoms with E-state index in [1.807, 2.05) is 0 Å². The predicted molar refractivity (Wildman–Crippen MR) is 61.7 cm³/mol. The zero-order valence-corrected chi connectivity index (χ0v) is 9.00. The molecule has 0 amide bonds. The average molecular weight is 158 g/mol. The standard InChI is InChI=1S/C10H16B2/c1-5-6(2)9(11)8(4)10(12)7(5)3/h11-12H2,1-4H3. The van der Waals surface area contributed by atoms with E-state index in [9.17, 15) is 0 Å². The Balaban J connectivity index is 3.60. The van der Waals surface area contributed by atoms with Gasteiger partial charge < -0.3 is 0 Å². The van der Waals surface area contributed by atoms with Gasteiger partial charge in [0.15, 0.2) is 0 Å². The largest absolute Gasteiger partial charge is 0.139 e. The van der Waals surface area contributed by atoms with Gasteiger partial charge in [-0.2, -0.15) is 0 Å². The van der Waals surface area contributed by atoms with Crippen LogP contribution in [-0.4, -0.2) is 15.7 Å². The molecule has 0 aliphatic rings. The normalized spacial score (nSPS) is 10.3. The summed E-state index contributed by atoms with van der Waals surface area (Å²) in [6, 6.07) is 0. The molecule has 0 fully saturated rings. The molecular weight excluding hydrogens is 142 g/mol. The third-order valence-corrected chi connectivity index (χ3v) is 3.38. The van der Waals surface area contributed by atoms with Crippen molar-refractivity contribution < 1.29 is 0 Å². The summed E-state index contributed by atoms with van der Waals surface area (Å²) < 4.78 is 0. The minimum absolute atomic E-state index is 1.45. The fourth-order valence-electron chi connectivity index (χ4n) is 1.69. The monoisotopic (exact) mass is 158 g/mol. The molecule has 0 radical (unpaired) electrons. The molecule has 0 saturated heterocycles. The Morgan fingerprint density at radius 2 is 0.917 bits per heavy atom. The Morgan fingerprint density at radius 3 is 1.25 bits per heavy atom. The summed E-state index contributed by atoms with van der Waals surface area (Å²) in [5, 5.41) is 0. The van der Waals surface area contributed by atoms with E-state index in [-0.39, 0.29) is 0 Å². The van der Waals surface area contributed by atoms with Crippen molar-refractivity contribution in [2.75, 3.05) is 0 Å². The molecule has 0 aliphatic carbocycles. The van der Waals surface area contributed by atoms with Crippen LogP contribution in [0.5, 0.6) is 0 Å². The second kappa shape index (κ2) is 3.01. The van der Waals surface area contributed by atoms with E-state index >= 15 is 0 Å². The van der Waals surface area contributed by atoms with Crippen molar-refractivity contribution in [2.24, 2.45) is 0 Å². The SMILES string of the molecule is Bc1c(C)c(B)c(C)c(C)c1C. The highest BCUT2D eigenvalue weighted by Gasteiger charge is 2.07. The topological polar surface area (TPSA) is 0 Å². The van der Waals surface area contributed by atoms with Gasteiger partial charge in [-0.25, -0.2) is 0 Å². The van der Waals surface area contributed by atoms with Gasteiger partial charge in [0, 0.05) is 0 Å². The van der Waals surface area contributed by atoms with Crippen LogP contribution in [0, 0.1) is 27.7 Å². The van der Waals surface area contributed by atoms with Crippen LogP contribution in [0.4, 0.5) is 0 Å². The van der Waals surface area contributed by atoms with E-state index in [4.69, 9.17) is 0 Å². The fourth-order valence-corrected chi connectivity index (χ4v) is 1.69. The minimum Gasteiger partial charge on any atom is -0.0835 e. The molecule has 0 spiro atoms. The van der Waals surface area contributed by atoms with E-state index in [0.29, 0.717) is 0 Å². The first-order valence-electron chi connectivity index (χ1n) is 4.50. The molecule has 0 aromatic heterocycles. The van der Waals surface area contributed by atoms with E-state index in [1.54, 1.807) is 0 Å². The van der Waals surface area contributed by atoms with Gasteiger partial charge in [0.2, 0.25) is 0 Å². The van der Waals surface area contributed by atoms with Gasteiger partial charge in [0.25, 0.3) is 0 Å². The van der Waals surface area contributed by atoms with Crippen molar-refractivity contribution in [2.45, 2.75) is 27.7 Å². The zero-order chi connectivity index (χ0) is 9.46. The van der Waals surface area contributed by atoms with Gasteiger partial charge in [-0.15, -0.1) is 0 Å². The lowest BCUT2D eigenvalue weighted by Gasteiger charge is -2.16. The third-order valence-electron chi connectivity index (χ3n) is 3.38. The minimum atomic E-state index is 1.45. The summed E-state index contributed by atoms with van der Waals surface area (Å²) in [4.78, 5) is 0. The van der Waals surface area contributed by atoms with Gasteiger partial charge >= 0.3 is 0 Å². The van der Waals surface area contributed by atoms with Crippen LogP contribution >= 0.6 is 0 Å². The van der Waals surface area contributed by atoms with Crippen molar-refractivity contribution in [1.82, 2.24) is 0 Å². The lowest BCUT2D eigenvalue weighted by atomic mass is 9.74. The average Bonchev–Trinajstić information content (AvgIpc) is 2.08. The molecule has 0 bridgehead atoms. The zero-order valence-electron chi connectivity index (χ0n) is 9.00. The van der Waals surface area contributed by atoms with E-state index in [1.165, 1.54) is 33.2 Å². The lowest BCUT2D eigenvalue weighted by molar-refractivity contribution is 1.28. The molecule has 0 nitrogen and oxygen atoms in total. The van der Waals surface area contributed by atoms with Crippen molar-refractivity contribution in [3.8, 4) is 0 Å². The second-order valence-electron chi connectivity index (χ2n) is 3.75. The number of hydrogen-bond acceptors (Lipinski definition) is 0. The number of hydrogen-bond donors (Lipinski definition) is 0. The highest BCUT2D eigenvalue weighted by atomic mass is 14.1. The smallest absolute Gasteiger partial charge is 0.0835 e. The van der Waals surface area contributed by atoms with E-state index < -0.39 is 0 Å². The summed E-state index contributed by atoms with van der Waals surface area (Å²) in [6.07, 6.45) is 0. The summed E-state index contributed by atoms with van der Waals surface area (Å²) in [5.41, 5.74) is 8.73. The molecular formula is C10H16B2. The van der Waals surface area contributed by atoms with Gasteiger partial charge in [-0.3, -0.25) is 0 Å². The maximum atomic E-state index is 2.21. The first-order chi connectivity index (χ1) is 5.46. The third kappa shape index (κ3) is 1.20. The molecule has 0 saturated carbocycles. The molecule has 0 heterocycles. The van der Waals surface area contributed by atoms with E-state index in [0.717, 1.165) is 0 Å². The van der Waals surface area contributed by atoms with Crippen LogP contribution in [-0.2, 0) is 0 Å². The molecule has 1 aromatic rings. The molecule has 12 heavy (non-hydrogen) atoms. The number of rotatable bonds is 0. The molecule has 0 atom stereocenters. The quantitative estimate of drug-likeness (QED) is 0.443. The molecule has 62 valence electrons. The first-order valence-corrected chi connectivity index (χ1v) is 4.50. The maximum Gasteiger partial charge on any atom is 0.139 e. The Labute approximate surface area is 77.2 Å². The predicted octanol–water partition coefficient (Wildman–Crippen LogP) is -0.563. The highest BCUT2D eigenvalue weighted by Crippen LogP contribution is 2.09. The van der Waals surface area contributed by atoms with Crippen LogP contribution in [0.25, 0.3) is 0 Å². The summed E-state index contributed by atoms with van der Waals surface area (Å²) >= 11 is 0. The van der Waals surface area contributed by atoms with Crippen LogP contribution in [0.3, 0.4) is 0 Å². The number of benzene rings is 1.